The fourth-order valence-corrected chi connectivity index (χ4v) is 1.43. The van der Waals surface area contributed by atoms with Gasteiger partial charge in [-0.3, -0.25) is 0 Å². The molecule has 1 heteroatoms. The van der Waals surface area contributed by atoms with Gasteiger partial charge in [-0.2, -0.15) is 0 Å². The largest absolute Gasteiger partial charge is 0.314 e. The highest BCUT2D eigenvalue weighted by atomic mass is 14.9. The predicted molar refractivity (Wildman–Crippen MR) is 40.5 cm³/mol. The zero-order valence-electron chi connectivity index (χ0n) is 6.48. The van der Waals surface area contributed by atoms with Crippen LogP contribution in [-0.2, 0) is 0 Å². The first-order valence-corrected chi connectivity index (χ1v) is 4.08. The molecule has 1 aliphatic rings. The molecule has 0 amide bonds. The van der Waals surface area contributed by atoms with Crippen LogP contribution < -0.4 is 5.32 Å². The smallest absolute Gasteiger partial charge is 0.00668 e. The van der Waals surface area contributed by atoms with Crippen LogP contribution in [0.4, 0.5) is 0 Å². The van der Waals surface area contributed by atoms with E-state index < -0.39 is 0 Å². The molecule has 0 bridgehead atoms. The fraction of sp³-hybridized carbons (Fsp3) is 1.00. The van der Waals surface area contributed by atoms with Gasteiger partial charge >= 0.3 is 0 Å². The van der Waals surface area contributed by atoms with Crippen molar-refractivity contribution in [3.8, 4) is 0 Å². The fourth-order valence-electron chi connectivity index (χ4n) is 1.43. The maximum atomic E-state index is 3.45. The van der Waals surface area contributed by atoms with Crippen LogP contribution in [0.15, 0.2) is 0 Å². The van der Waals surface area contributed by atoms with E-state index >= 15 is 0 Å². The van der Waals surface area contributed by atoms with E-state index in [1.54, 1.807) is 0 Å². The summed E-state index contributed by atoms with van der Waals surface area (Å²) in [6.45, 7) is 5.60. The van der Waals surface area contributed by atoms with Crippen molar-refractivity contribution in [2.24, 2.45) is 5.92 Å². The highest BCUT2D eigenvalue weighted by Crippen LogP contribution is 2.28. The van der Waals surface area contributed by atoms with Crippen LogP contribution >= 0.6 is 0 Å². The molecule has 0 aromatic rings. The molecule has 0 aromatic carbocycles. The molecule has 9 heavy (non-hydrogen) atoms. The molecule has 0 aromatic heterocycles. The van der Waals surface area contributed by atoms with Crippen molar-refractivity contribution in [2.75, 3.05) is 6.54 Å². The standard InChI is InChI=1S/C8H17N/c1-3-9-7(2)8-5-4-6-8/h7-9H,3-6H2,1-2H3/t7-/m1/s1. The van der Waals surface area contributed by atoms with Gasteiger partial charge in [-0.25, -0.2) is 0 Å². The first-order chi connectivity index (χ1) is 4.34. The summed E-state index contributed by atoms with van der Waals surface area (Å²) in [4.78, 5) is 0. The van der Waals surface area contributed by atoms with Crippen LogP contribution in [0.1, 0.15) is 33.1 Å². The highest BCUT2D eigenvalue weighted by Gasteiger charge is 2.22. The van der Waals surface area contributed by atoms with Crippen LogP contribution in [0.2, 0.25) is 0 Å². The molecular weight excluding hydrogens is 110 g/mol. The van der Waals surface area contributed by atoms with Gasteiger partial charge in [0.15, 0.2) is 0 Å². The van der Waals surface area contributed by atoms with Gasteiger partial charge < -0.3 is 5.32 Å². The van der Waals surface area contributed by atoms with Crippen LogP contribution in [-0.4, -0.2) is 12.6 Å². The summed E-state index contributed by atoms with van der Waals surface area (Å²) in [5.74, 6) is 0.991. The molecule has 0 aliphatic heterocycles. The molecule has 1 fully saturated rings. The normalized spacial score (nSPS) is 23.3. The van der Waals surface area contributed by atoms with Crippen molar-refractivity contribution < 1.29 is 0 Å². The first kappa shape index (κ1) is 7.07. The second kappa shape index (κ2) is 3.21. The minimum Gasteiger partial charge on any atom is -0.314 e. The minimum atomic E-state index is 0.767. The van der Waals surface area contributed by atoms with Crippen molar-refractivity contribution in [2.45, 2.75) is 39.2 Å². The van der Waals surface area contributed by atoms with E-state index in [-0.39, 0.29) is 0 Å². The predicted octanol–water partition coefficient (Wildman–Crippen LogP) is 1.78. The van der Waals surface area contributed by atoms with Crippen molar-refractivity contribution in [3.05, 3.63) is 0 Å². The van der Waals surface area contributed by atoms with E-state index in [0.717, 1.165) is 18.5 Å². The topological polar surface area (TPSA) is 12.0 Å². The molecule has 0 heterocycles. The van der Waals surface area contributed by atoms with Crippen molar-refractivity contribution in [1.29, 1.82) is 0 Å². The zero-order chi connectivity index (χ0) is 6.69. The number of hydrogen-bond acceptors (Lipinski definition) is 1. The third-order valence-electron chi connectivity index (χ3n) is 2.38. The molecule has 1 saturated carbocycles. The van der Waals surface area contributed by atoms with Gasteiger partial charge in [0.2, 0.25) is 0 Å². The quantitative estimate of drug-likeness (QED) is 0.609. The van der Waals surface area contributed by atoms with Gasteiger partial charge in [-0.15, -0.1) is 0 Å². The van der Waals surface area contributed by atoms with Gasteiger partial charge in [0.05, 0.1) is 0 Å². The Labute approximate surface area is 57.8 Å². The Morgan fingerprint density at radius 2 is 2.22 bits per heavy atom. The van der Waals surface area contributed by atoms with Gasteiger partial charge in [0.1, 0.15) is 0 Å². The number of nitrogens with one attached hydrogen (secondary N) is 1. The monoisotopic (exact) mass is 127 g/mol. The Kier molecular flexibility index (Phi) is 2.52. The molecule has 1 atom stereocenters. The summed E-state index contributed by atoms with van der Waals surface area (Å²) in [5, 5.41) is 3.45. The molecule has 0 radical (unpaired) electrons. The molecule has 0 saturated heterocycles. The van der Waals surface area contributed by atoms with E-state index in [0.29, 0.717) is 0 Å². The second-order valence-corrected chi connectivity index (χ2v) is 3.04. The number of hydrogen-bond donors (Lipinski definition) is 1. The van der Waals surface area contributed by atoms with Gasteiger partial charge in [-0.05, 0) is 32.2 Å². The maximum Gasteiger partial charge on any atom is 0.00668 e. The Morgan fingerprint density at radius 3 is 2.56 bits per heavy atom. The minimum absolute atomic E-state index is 0.767. The lowest BCUT2D eigenvalue weighted by Crippen LogP contribution is -2.36. The number of rotatable bonds is 3. The Morgan fingerprint density at radius 1 is 1.56 bits per heavy atom. The van der Waals surface area contributed by atoms with Gasteiger partial charge in [-0.1, -0.05) is 13.3 Å². The SMILES string of the molecule is CCN[C@H](C)C1CCC1. The Hall–Kier alpha value is -0.0400. The third-order valence-corrected chi connectivity index (χ3v) is 2.38. The molecule has 1 aliphatic carbocycles. The Bertz CT molecular complexity index is 76.6. The van der Waals surface area contributed by atoms with Crippen molar-refractivity contribution in [1.82, 2.24) is 5.32 Å². The third kappa shape index (κ3) is 1.68. The Balaban J connectivity index is 2.08. The average Bonchev–Trinajstić information content (AvgIpc) is 1.60. The summed E-state index contributed by atoms with van der Waals surface area (Å²) >= 11 is 0. The molecule has 1 rings (SSSR count). The lowest BCUT2D eigenvalue weighted by molar-refractivity contribution is 0.243. The summed E-state index contributed by atoms with van der Waals surface area (Å²) in [6, 6.07) is 0.767. The lowest BCUT2D eigenvalue weighted by atomic mass is 9.80. The summed E-state index contributed by atoms with van der Waals surface area (Å²) in [7, 11) is 0. The lowest BCUT2D eigenvalue weighted by Gasteiger charge is -2.31. The molecule has 1 N–H and O–H groups in total. The van der Waals surface area contributed by atoms with Crippen LogP contribution in [0.5, 0.6) is 0 Å². The summed E-state index contributed by atoms with van der Waals surface area (Å²) in [6.07, 6.45) is 4.36. The maximum absolute atomic E-state index is 3.45. The van der Waals surface area contributed by atoms with Gasteiger partial charge in [0, 0.05) is 6.04 Å². The first-order valence-electron chi connectivity index (χ1n) is 4.08. The van der Waals surface area contributed by atoms with E-state index in [1.807, 2.05) is 0 Å². The summed E-state index contributed by atoms with van der Waals surface area (Å²) < 4.78 is 0. The van der Waals surface area contributed by atoms with Crippen LogP contribution in [0, 0.1) is 5.92 Å². The van der Waals surface area contributed by atoms with Crippen LogP contribution in [0.3, 0.4) is 0 Å². The van der Waals surface area contributed by atoms with Crippen LogP contribution in [0.25, 0.3) is 0 Å². The molecule has 0 spiro atoms. The zero-order valence-corrected chi connectivity index (χ0v) is 6.48. The van der Waals surface area contributed by atoms with E-state index in [2.05, 4.69) is 19.2 Å². The molecule has 54 valence electrons. The molecular formula is C8H17N. The van der Waals surface area contributed by atoms with Crippen molar-refractivity contribution in [3.63, 3.8) is 0 Å². The highest BCUT2D eigenvalue weighted by molar-refractivity contribution is 4.78. The van der Waals surface area contributed by atoms with Gasteiger partial charge in [0.25, 0.3) is 0 Å². The molecule has 0 unspecified atom stereocenters. The van der Waals surface area contributed by atoms with E-state index in [9.17, 15) is 0 Å². The average molecular weight is 127 g/mol. The van der Waals surface area contributed by atoms with E-state index in [4.69, 9.17) is 0 Å². The second-order valence-electron chi connectivity index (χ2n) is 3.04. The van der Waals surface area contributed by atoms with E-state index in [1.165, 1.54) is 19.3 Å². The molecule has 1 nitrogen and oxygen atoms in total. The summed E-state index contributed by atoms with van der Waals surface area (Å²) in [5.41, 5.74) is 0. The van der Waals surface area contributed by atoms with Crippen molar-refractivity contribution >= 4 is 0 Å².